The van der Waals surface area contributed by atoms with E-state index >= 15 is 0 Å². The maximum Gasteiger partial charge on any atom is 0.188 e. The highest BCUT2D eigenvalue weighted by Crippen LogP contribution is 2.26. The molecule has 0 saturated carbocycles. The summed E-state index contributed by atoms with van der Waals surface area (Å²) in [6, 6.07) is 5.95. The average molecular weight is 299 g/mol. The lowest BCUT2D eigenvalue weighted by molar-refractivity contribution is 0.412. The molecule has 0 bridgehead atoms. The second kappa shape index (κ2) is 4.84. The fraction of sp³-hybridized carbons (Fsp3) is 0.182. The molecule has 0 amide bonds. The highest BCUT2D eigenvalue weighted by atomic mass is 79.9. The second-order valence-corrected chi connectivity index (χ2v) is 4.96. The van der Waals surface area contributed by atoms with Crippen molar-refractivity contribution in [3.05, 3.63) is 33.7 Å². The second-order valence-electron chi connectivity index (χ2n) is 3.28. The van der Waals surface area contributed by atoms with E-state index < -0.39 is 0 Å². The molecule has 0 aliphatic carbocycles. The van der Waals surface area contributed by atoms with Crippen molar-refractivity contribution in [3.8, 4) is 5.75 Å². The number of hydrogen-bond acceptors (Lipinski definition) is 4. The minimum atomic E-state index is 0.852. The third-order valence-corrected chi connectivity index (χ3v) is 3.59. The number of thiazole rings is 1. The molecular formula is C11H11BrN2OS. The summed E-state index contributed by atoms with van der Waals surface area (Å²) < 4.78 is 6.06. The van der Waals surface area contributed by atoms with Crippen LogP contribution in [0.5, 0.6) is 5.75 Å². The highest BCUT2D eigenvalue weighted by Gasteiger charge is 2.02. The Morgan fingerprint density at radius 1 is 1.44 bits per heavy atom. The van der Waals surface area contributed by atoms with Crippen molar-refractivity contribution in [3.63, 3.8) is 0 Å². The minimum Gasteiger partial charge on any atom is -0.496 e. The van der Waals surface area contributed by atoms with Gasteiger partial charge < -0.3 is 10.1 Å². The zero-order valence-corrected chi connectivity index (χ0v) is 11.4. The molecule has 0 aliphatic heterocycles. The molecule has 2 rings (SSSR count). The summed E-state index contributed by atoms with van der Waals surface area (Å²) in [7, 11) is 1.67. The third-order valence-electron chi connectivity index (χ3n) is 2.12. The topological polar surface area (TPSA) is 34.1 Å². The standard InChI is InChI=1S/C11H11BrN2OS/c1-7-5-8(3-4-9(7)15-2)13-11-14-10(12)6-16-11/h3-6H,1-2H3,(H,13,14). The van der Waals surface area contributed by atoms with Crippen molar-refractivity contribution >= 4 is 38.1 Å². The van der Waals surface area contributed by atoms with Gasteiger partial charge in [0, 0.05) is 11.1 Å². The number of nitrogens with zero attached hydrogens (tertiary/aromatic N) is 1. The molecule has 16 heavy (non-hydrogen) atoms. The first-order chi connectivity index (χ1) is 7.69. The first-order valence-corrected chi connectivity index (χ1v) is 6.39. The molecule has 3 nitrogen and oxygen atoms in total. The van der Waals surface area contributed by atoms with Crippen LogP contribution in [0, 0.1) is 6.92 Å². The van der Waals surface area contributed by atoms with Gasteiger partial charge in [-0.1, -0.05) is 0 Å². The maximum atomic E-state index is 5.21. The van der Waals surface area contributed by atoms with Crippen molar-refractivity contribution in [2.75, 3.05) is 12.4 Å². The van der Waals surface area contributed by atoms with Gasteiger partial charge in [0.1, 0.15) is 10.4 Å². The van der Waals surface area contributed by atoms with Gasteiger partial charge in [0.15, 0.2) is 5.13 Å². The van der Waals surface area contributed by atoms with Crippen LogP contribution in [0.4, 0.5) is 10.8 Å². The molecule has 0 unspecified atom stereocenters. The Bertz CT molecular complexity index is 498. The molecule has 0 radical (unpaired) electrons. The number of rotatable bonds is 3. The van der Waals surface area contributed by atoms with Crippen LogP contribution in [0.1, 0.15) is 5.56 Å². The summed E-state index contributed by atoms with van der Waals surface area (Å²) >= 11 is 4.88. The van der Waals surface area contributed by atoms with Gasteiger partial charge in [-0.25, -0.2) is 4.98 Å². The minimum absolute atomic E-state index is 0.852. The van der Waals surface area contributed by atoms with E-state index in [2.05, 4.69) is 26.2 Å². The van der Waals surface area contributed by atoms with Crippen molar-refractivity contribution in [2.24, 2.45) is 0 Å². The van der Waals surface area contributed by atoms with Crippen LogP contribution in [-0.4, -0.2) is 12.1 Å². The van der Waals surface area contributed by atoms with Crippen LogP contribution in [0.25, 0.3) is 0 Å². The molecule has 1 N–H and O–H groups in total. The number of nitrogens with one attached hydrogen (secondary N) is 1. The van der Waals surface area contributed by atoms with Crippen LogP contribution in [0.15, 0.2) is 28.2 Å². The van der Waals surface area contributed by atoms with Crippen molar-refractivity contribution in [2.45, 2.75) is 6.92 Å². The Labute approximate surface area is 107 Å². The fourth-order valence-electron chi connectivity index (χ4n) is 1.39. The molecule has 1 aromatic carbocycles. The molecule has 0 atom stereocenters. The van der Waals surface area contributed by atoms with Crippen LogP contribution < -0.4 is 10.1 Å². The van der Waals surface area contributed by atoms with Crippen LogP contribution in [0.3, 0.4) is 0 Å². The van der Waals surface area contributed by atoms with Crippen LogP contribution >= 0.6 is 27.3 Å². The Balaban J connectivity index is 2.19. The molecule has 0 fully saturated rings. The zero-order chi connectivity index (χ0) is 11.5. The number of halogens is 1. The number of aromatic nitrogens is 1. The Kier molecular flexibility index (Phi) is 3.46. The van der Waals surface area contributed by atoms with Gasteiger partial charge in [-0.3, -0.25) is 0 Å². The number of aryl methyl sites for hydroxylation is 1. The molecular weight excluding hydrogens is 288 g/mol. The SMILES string of the molecule is COc1ccc(Nc2nc(Br)cs2)cc1C. The van der Waals surface area contributed by atoms with E-state index in [1.54, 1.807) is 18.4 Å². The largest absolute Gasteiger partial charge is 0.496 e. The van der Waals surface area contributed by atoms with Crippen molar-refractivity contribution < 1.29 is 4.74 Å². The molecule has 0 spiro atoms. The number of methoxy groups -OCH3 is 1. The predicted octanol–water partition coefficient (Wildman–Crippen LogP) is 3.97. The summed E-state index contributed by atoms with van der Waals surface area (Å²) in [6.07, 6.45) is 0. The molecule has 0 aliphatic rings. The van der Waals surface area contributed by atoms with Gasteiger partial charge in [-0.2, -0.15) is 0 Å². The average Bonchev–Trinajstić information content (AvgIpc) is 2.64. The molecule has 1 heterocycles. The summed E-state index contributed by atoms with van der Waals surface area (Å²) in [5.41, 5.74) is 2.11. The van der Waals surface area contributed by atoms with Gasteiger partial charge in [0.2, 0.25) is 0 Å². The lowest BCUT2D eigenvalue weighted by Crippen LogP contribution is -1.92. The first-order valence-electron chi connectivity index (χ1n) is 4.72. The van der Waals surface area contributed by atoms with Gasteiger partial charge in [0.25, 0.3) is 0 Å². The molecule has 5 heteroatoms. The van der Waals surface area contributed by atoms with E-state index in [0.717, 1.165) is 26.7 Å². The maximum absolute atomic E-state index is 5.21. The van der Waals surface area contributed by atoms with E-state index in [4.69, 9.17) is 4.74 Å². The van der Waals surface area contributed by atoms with Crippen molar-refractivity contribution in [1.29, 1.82) is 0 Å². The zero-order valence-electron chi connectivity index (χ0n) is 8.95. The van der Waals surface area contributed by atoms with Gasteiger partial charge in [-0.05, 0) is 46.6 Å². The predicted molar refractivity (Wildman–Crippen MR) is 70.8 cm³/mol. The first kappa shape index (κ1) is 11.4. The highest BCUT2D eigenvalue weighted by molar-refractivity contribution is 9.10. The lowest BCUT2D eigenvalue weighted by Gasteiger charge is -2.07. The molecule has 2 aromatic rings. The van der Waals surface area contributed by atoms with Gasteiger partial charge in [0.05, 0.1) is 7.11 Å². The van der Waals surface area contributed by atoms with E-state index in [0.29, 0.717) is 0 Å². The number of anilines is 2. The van der Waals surface area contributed by atoms with Crippen molar-refractivity contribution in [1.82, 2.24) is 4.98 Å². The van der Waals surface area contributed by atoms with Gasteiger partial charge >= 0.3 is 0 Å². The molecule has 84 valence electrons. The smallest absolute Gasteiger partial charge is 0.188 e. The number of ether oxygens (including phenoxy) is 1. The summed E-state index contributed by atoms with van der Waals surface area (Å²) in [6.45, 7) is 2.02. The Morgan fingerprint density at radius 3 is 2.81 bits per heavy atom. The number of hydrogen-bond donors (Lipinski definition) is 1. The molecule has 1 aromatic heterocycles. The fourth-order valence-corrected chi connectivity index (χ4v) is 2.56. The molecule has 0 saturated heterocycles. The van der Waals surface area contributed by atoms with Crippen LogP contribution in [0.2, 0.25) is 0 Å². The summed E-state index contributed by atoms with van der Waals surface area (Å²) in [5.74, 6) is 0.894. The normalized spacial score (nSPS) is 10.2. The van der Waals surface area contributed by atoms with E-state index in [-0.39, 0.29) is 0 Å². The van der Waals surface area contributed by atoms with Gasteiger partial charge in [-0.15, -0.1) is 11.3 Å². The lowest BCUT2D eigenvalue weighted by atomic mass is 10.2. The number of benzene rings is 1. The quantitative estimate of drug-likeness (QED) is 0.931. The van der Waals surface area contributed by atoms with Crippen LogP contribution in [-0.2, 0) is 0 Å². The summed E-state index contributed by atoms with van der Waals surface area (Å²) in [4.78, 5) is 4.27. The van der Waals surface area contributed by atoms with E-state index in [1.165, 1.54) is 0 Å². The monoisotopic (exact) mass is 298 g/mol. The Hall–Kier alpha value is -1.07. The third kappa shape index (κ3) is 2.54. The van der Waals surface area contributed by atoms with E-state index in [1.807, 2.05) is 30.5 Å². The summed E-state index contributed by atoms with van der Waals surface area (Å²) in [5, 5.41) is 6.05. The van der Waals surface area contributed by atoms with E-state index in [9.17, 15) is 0 Å². The Morgan fingerprint density at radius 2 is 2.25 bits per heavy atom.